The van der Waals surface area contributed by atoms with E-state index in [0.29, 0.717) is 0 Å². The van der Waals surface area contributed by atoms with Crippen molar-refractivity contribution in [3.63, 3.8) is 0 Å². The van der Waals surface area contributed by atoms with E-state index in [1.807, 2.05) is 6.92 Å². The molecule has 0 aliphatic heterocycles. The Labute approximate surface area is 72.4 Å². The molecule has 0 saturated heterocycles. The van der Waals surface area contributed by atoms with Gasteiger partial charge in [-0.3, -0.25) is 0 Å². The van der Waals surface area contributed by atoms with Gasteiger partial charge < -0.3 is 9.24 Å². The molecule has 0 heterocycles. The van der Waals surface area contributed by atoms with Gasteiger partial charge in [-0.25, -0.2) is 0 Å². The third kappa shape index (κ3) is 8.95. The molecule has 2 heteroatoms. The summed E-state index contributed by atoms with van der Waals surface area (Å²) in [4.78, 5) is 0. The van der Waals surface area contributed by atoms with Crippen molar-refractivity contribution in [2.75, 3.05) is 6.16 Å². The maximum Gasteiger partial charge on any atom is 1.00 e. The molecule has 0 rings (SSSR count). The fourth-order valence-corrected chi connectivity index (χ4v) is 0. The molecule has 0 aromatic carbocycles. The predicted octanol–water partition coefficient (Wildman–Crippen LogP) is -1.85. The molecule has 0 aromatic rings. The van der Waals surface area contributed by atoms with Gasteiger partial charge >= 0.3 is 51.4 Å². The summed E-state index contributed by atoms with van der Waals surface area (Å²) in [6.45, 7) is 2.04. The number of hydrogen-bond acceptors (Lipinski definition) is 0. The van der Waals surface area contributed by atoms with Crippen LogP contribution < -0.4 is 51.4 Å². The average Bonchev–Trinajstić information content (AvgIpc) is 0.918. The Kier molecular flexibility index (Phi) is 21.0. The van der Waals surface area contributed by atoms with Crippen LogP contribution in [0.2, 0.25) is 0 Å². The molecular weight excluding hydrogens is 94.1 g/mol. The Morgan fingerprint density at radius 1 is 1.75 bits per heavy atom. The van der Waals surface area contributed by atoms with Gasteiger partial charge in [0.05, 0.1) is 0 Å². The van der Waals surface area contributed by atoms with Gasteiger partial charge in [0.25, 0.3) is 0 Å². The van der Waals surface area contributed by atoms with Gasteiger partial charge in [0.1, 0.15) is 0 Å². The van der Waals surface area contributed by atoms with Crippen LogP contribution in [0.4, 0.5) is 0 Å². The fraction of sp³-hybridized carbons (Fsp3) is 1.00. The van der Waals surface area contributed by atoms with Crippen LogP contribution in [0.5, 0.6) is 0 Å². The predicted molar refractivity (Wildman–Crippen MR) is 18.9 cm³/mol. The second-order valence-electron chi connectivity index (χ2n) is 0.354. The summed E-state index contributed by atoms with van der Waals surface area (Å²) in [5.74, 6) is 0. The van der Waals surface area contributed by atoms with Gasteiger partial charge in [-0.2, -0.15) is 6.16 Å². The first-order chi connectivity index (χ1) is 1.41. The van der Waals surface area contributed by atoms with Gasteiger partial charge in [-0.05, 0) is 0 Å². The second-order valence-corrected chi connectivity index (χ2v) is 1.06. The van der Waals surface area contributed by atoms with Crippen LogP contribution >= 0.6 is 9.24 Å². The van der Waals surface area contributed by atoms with E-state index in [1.165, 1.54) is 0 Å². The zero-order chi connectivity index (χ0) is 2.71. The first kappa shape index (κ1) is 9.42. The summed E-state index contributed by atoms with van der Waals surface area (Å²) in [7, 11) is 3.18. The molecule has 0 spiro atoms. The number of hydrogen-bond donors (Lipinski definition) is 0. The van der Waals surface area contributed by atoms with Crippen LogP contribution in [0.3, 0.4) is 0 Å². The molecule has 0 bridgehead atoms. The van der Waals surface area contributed by atoms with Gasteiger partial charge in [0, 0.05) is 0 Å². The summed E-state index contributed by atoms with van der Waals surface area (Å²) in [6.07, 6.45) is 1.06. The molecule has 0 atom stereocenters. The van der Waals surface area contributed by atoms with E-state index in [0.717, 1.165) is 6.16 Å². The summed E-state index contributed by atoms with van der Waals surface area (Å²) >= 11 is 0. The molecule has 0 aliphatic rings. The molecule has 0 nitrogen and oxygen atoms in total. The average molecular weight is 100 g/mol. The van der Waals surface area contributed by atoms with Crippen molar-refractivity contribution in [1.29, 1.82) is 0 Å². The third-order valence-corrected chi connectivity index (χ3v) is 0. The topological polar surface area (TPSA) is 0 Å². The summed E-state index contributed by atoms with van der Waals surface area (Å²) in [5.41, 5.74) is 0. The fourth-order valence-electron chi connectivity index (χ4n) is 0. The van der Waals surface area contributed by atoms with Crippen LogP contribution in [-0.4, -0.2) is 6.16 Å². The quantitative estimate of drug-likeness (QED) is 0.248. The summed E-state index contributed by atoms with van der Waals surface area (Å²) in [5, 5.41) is 0. The van der Waals surface area contributed by atoms with Crippen LogP contribution in [0.15, 0.2) is 0 Å². The monoisotopic (exact) mass is 100.0 g/mol. The molecule has 0 unspecified atom stereocenters. The largest absolute Gasteiger partial charge is 1.00 e. The smallest absolute Gasteiger partial charge is 0.559 e. The van der Waals surface area contributed by atoms with Gasteiger partial charge in [0.15, 0.2) is 0 Å². The number of rotatable bonds is 0. The van der Waals surface area contributed by atoms with Crippen LogP contribution in [0.25, 0.3) is 0 Å². The Hall–Kier alpha value is 2.07. The zero-order valence-corrected chi connectivity index (χ0v) is 7.33. The van der Waals surface area contributed by atoms with Crippen molar-refractivity contribution >= 4 is 9.24 Å². The van der Waals surface area contributed by atoms with E-state index in [1.54, 1.807) is 0 Å². The van der Waals surface area contributed by atoms with Crippen molar-refractivity contribution < 1.29 is 51.4 Å². The minimum atomic E-state index is 0. The van der Waals surface area contributed by atoms with E-state index in [-0.39, 0.29) is 51.4 Å². The zero-order valence-electron chi connectivity index (χ0n) is 3.21. The van der Waals surface area contributed by atoms with Crippen LogP contribution in [0.1, 0.15) is 6.92 Å². The minimum Gasteiger partial charge on any atom is -0.559 e. The van der Waals surface area contributed by atoms with Gasteiger partial charge in [-0.1, -0.05) is 6.92 Å². The van der Waals surface area contributed by atoms with Crippen LogP contribution in [-0.2, 0) is 0 Å². The van der Waals surface area contributed by atoms with Crippen molar-refractivity contribution in [1.82, 2.24) is 0 Å². The first-order valence-corrected chi connectivity index (χ1v) is 1.77. The van der Waals surface area contributed by atoms with E-state index in [4.69, 9.17) is 0 Å². The van der Waals surface area contributed by atoms with E-state index >= 15 is 0 Å². The minimum absolute atomic E-state index is 0. The molecule has 20 valence electrons. The normalized spacial score (nSPS) is 4.50. The van der Waals surface area contributed by atoms with E-state index in [9.17, 15) is 0 Å². The van der Waals surface area contributed by atoms with Gasteiger partial charge in [0.2, 0.25) is 0 Å². The summed E-state index contributed by atoms with van der Waals surface area (Å²) in [6, 6.07) is 0. The Morgan fingerprint density at radius 3 is 1.75 bits per heavy atom. The van der Waals surface area contributed by atoms with Crippen LogP contribution in [0, 0.1) is 0 Å². The maximum absolute atomic E-state index is 3.18. The third-order valence-electron chi connectivity index (χ3n) is 0. The SMILES string of the molecule is CC[PH-].[K+]. The van der Waals surface area contributed by atoms with E-state index in [2.05, 4.69) is 9.24 Å². The van der Waals surface area contributed by atoms with Crippen molar-refractivity contribution in [3.05, 3.63) is 0 Å². The molecule has 0 aliphatic carbocycles. The van der Waals surface area contributed by atoms with Gasteiger partial charge in [-0.15, -0.1) is 0 Å². The maximum atomic E-state index is 3.18. The Morgan fingerprint density at radius 2 is 1.75 bits per heavy atom. The standard InChI is InChI=1S/C2H6P.K/c1-2-3;/h3H,2H2,1H3;/q-1;+1. The second kappa shape index (κ2) is 8.91. The van der Waals surface area contributed by atoms with E-state index < -0.39 is 0 Å². The Bertz CT molecular complexity index is 6.00. The molecule has 0 fully saturated rings. The molecule has 0 N–H and O–H groups in total. The molecule has 0 amide bonds. The molecule has 0 saturated carbocycles. The first-order valence-electron chi connectivity index (χ1n) is 1.06. The molecule has 0 radical (unpaired) electrons. The van der Waals surface area contributed by atoms with Crippen molar-refractivity contribution in [3.8, 4) is 0 Å². The molecule has 0 aromatic heterocycles. The van der Waals surface area contributed by atoms with Crippen molar-refractivity contribution in [2.45, 2.75) is 6.92 Å². The summed E-state index contributed by atoms with van der Waals surface area (Å²) < 4.78 is 0. The Balaban J connectivity index is 0. The van der Waals surface area contributed by atoms with Crippen molar-refractivity contribution in [2.24, 2.45) is 0 Å². The molecule has 4 heavy (non-hydrogen) atoms. The molecular formula is C2H6KP.